The second-order valence-corrected chi connectivity index (χ2v) is 7.90. The Morgan fingerprint density at radius 1 is 1.04 bits per heavy atom. The number of fused-ring (bicyclic) bond motifs is 2. The number of benzene rings is 1. The van der Waals surface area contributed by atoms with E-state index in [1.54, 1.807) is 0 Å². The molecule has 1 N–H and O–H groups in total. The lowest BCUT2D eigenvalue weighted by molar-refractivity contribution is 0.245. The van der Waals surface area contributed by atoms with Crippen LogP contribution < -0.4 is 4.90 Å². The van der Waals surface area contributed by atoms with Gasteiger partial charge in [-0.2, -0.15) is 5.10 Å². The molecular weight excluding hydrogens is 360 g/mol. The molecule has 1 fully saturated rings. The molecule has 1 aromatic carbocycles. The molecule has 2 aliphatic rings. The quantitative estimate of drug-likeness (QED) is 0.753. The van der Waals surface area contributed by atoms with E-state index in [9.17, 15) is 0 Å². The molecule has 27 heavy (non-hydrogen) atoms. The van der Waals surface area contributed by atoms with Crippen molar-refractivity contribution in [3.8, 4) is 0 Å². The maximum Gasteiger partial charge on any atom is 0.147 e. The first-order valence-electron chi connectivity index (χ1n) is 9.71. The van der Waals surface area contributed by atoms with Crippen molar-refractivity contribution in [2.45, 2.75) is 32.2 Å². The summed E-state index contributed by atoms with van der Waals surface area (Å²) in [5.74, 6) is 0.946. The number of H-pyrrole nitrogens is 1. The van der Waals surface area contributed by atoms with Gasteiger partial charge in [0, 0.05) is 43.4 Å². The molecule has 0 radical (unpaired) electrons. The molecule has 7 heteroatoms. The lowest BCUT2D eigenvalue weighted by Crippen LogP contribution is -2.46. The van der Waals surface area contributed by atoms with E-state index in [1.165, 1.54) is 36.2 Å². The number of hydrogen-bond acceptors (Lipinski definition) is 5. The van der Waals surface area contributed by atoms with Crippen molar-refractivity contribution in [3.05, 3.63) is 46.4 Å². The van der Waals surface area contributed by atoms with Gasteiger partial charge in [0.05, 0.1) is 22.9 Å². The van der Waals surface area contributed by atoms with E-state index in [-0.39, 0.29) is 0 Å². The Kier molecular flexibility index (Phi) is 4.45. The number of rotatable bonds is 3. The molecule has 0 spiro atoms. The van der Waals surface area contributed by atoms with Crippen LogP contribution >= 0.6 is 11.6 Å². The van der Waals surface area contributed by atoms with Crippen LogP contribution in [-0.2, 0) is 19.4 Å². The van der Waals surface area contributed by atoms with E-state index in [1.807, 2.05) is 24.4 Å². The zero-order valence-electron chi connectivity index (χ0n) is 15.3. The summed E-state index contributed by atoms with van der Waals surface area (Å²) in [6.45, 7) is 4.90. The van der Waals surface area contributed by atoms with Gasteiger partial charge in [0.25, 0.3) is 0 Å². The average molecular weight is 383 g/mol. The number of halogens is 1. The summed E-state index contributed by atoms with van der Waals surface area (Å²) in [7, 11) is 0. The van der Waals surface area contributed by atoms with Crippen LogP contribution in [0.25, 0.3) is 11.0 Å². The van der Waals surface area contributed by atoms with Crippen molar-refractivity contribution < 1.29 is 0 Å². The first-order valence-corrected chi connectivity index (χ1v) is 10.1. The third-order valence-corrected chi connectivity index (χ3v) is 5.94. The Hall–Kier alpha value is -2.18. The van der Waals surface area contributed by atoms with Gasteiger partial charge in [-0.25, -0.2) is 4.98 Å². The van der Waals surface area contributed by atoms with Gasteiger partial charge in [-0.3, -0.25) is 15.0 Å². The molecule has 1 aliphatic heterocycles. The normalized spacial score (nSPS) is 18.0. The van der Waals surface area contributed by atoms with E-state index in [0.717, 1.165) is 56.0 Å². The fraction of sp³-hybridized carbons (Fsp3) is 0.450. The summed E-state index contributed by atoms with van der Waals surface area (Å²) in [6, 6.07) is 5.66. The monoisotopic (exact) mass is 382 g/mol. The minimum atomic E-state index is 0.693. The topological polar surface area (TPSA) is 60.9 Å². The van der Waals surface area contributed by atoms with Gasteiger partial charge in [0.15, 0.2) is 0 Å². The molecule has 3 aromatic rings. The SMILES string of the molecule is Clc1ccc2nc(N3CCN(Cc4n[nH]c5c4CCCC5)CC3)cnc2c1. The minimum Gasteiger partial charge on any atom is -0.353 e. The number of anilines is 1. The number of aryl methyl sites for hydroxylation is 1. The number of piperazine rings is 1. The molecule has 6 nitrogen and oxygen atoms in total. The maximum absolute atomic E-state index is 6.03. The third-order valence-electron chi connectivity index (χ3n) is 5.70. The molecule has 2 aromatic heterocycles. The van der Waals surface area contributed by atoms with E-state index in [4.69, 9.17) is 16.6 Å². The summed E-state index contributed by atoms with van der Waals surface area (Å²) in [5, 5.41) is 8.55. The van der Waals surface area contributed by atoms with Crippen molar-refractivity contribution >= 4 is 28.5 Å². The summed E-state index contributed by atoms with van der Waals surface area (Å²) in [5.41, 5.74) is 5.82. The summed E-state index contributed by atoms with van der Waals surface area (Å²) in [4.78, 5) is 14.1. The van der Waals surface area contributed by atoms with Crippen LogP contribution in [0.4, 0.5) is 5.82 Å². The van der Waals surface area contributed by atoms with E-state index >= 15 is 0 Å². The Bertz CT molecular complexity index is 960. The molecule has 0 unspecified atom stereocenters. The maximum atomic E-state index is 6.03. The minimum absolute atomic E-state index is 0.693. The highest BCUT2D eigenvalue weighted by molar-refractivity contribution is 6.31. The fourth-order valence-electron chi connectivity index (χ4n) is 4.15. The second kappa shape index (κ2) is 7.09. The van der Waals surface area contributed by atoms with Crippen molar-refractivity contribution in [1.82, 2.24) is 25.1 Å². The molecule has 3 heterocycles. The average Bonchev–Trinajstić information content (AvgIpc) is 3.11. The summed E-state index contributed by atoms with van der Waals surface area (Å²) in [6.07, 6.45) is 6.77. The molecule has 1 aliphatic carbocycles. The largest absolute Gasteiger partial charge is 0.353 e. The van der Waals surface area contributed by atoms with Gasteiger partial charge >= 0.3 is 0 Å². The van der Waals surface area contributed by atoms with Crippen molar-refractivity contribution in [2.24, 2.45) is 0 Å². The van der Waals surface area contributed by atoms with Crippen LogP contribution in [0.15, 0.2) is 24.4 Å². The zero-order valence-corrected chi connectivity index (χ0v) is 16.0. The highest BCUT2D eigenvalue weighted by Gasteiger charge is 2.22. The van der Waals surface area contributed by atoms with Gasteiger partial charge in [0.1, 0.15) is 5.82 Å². The zero-order chi connectivity index (χ0) is 18.2. The Labute approximate surface area is 163 Å². The van der Waals surface area contributed by atoms with Gasteiger partial charge in [-0.05, 0) is 49.4 Å². The van der Waals surface area contributed by atoms with Gasteiger partial charge < -0.3 is 4.90 Å². The highest BCUT2D eigenvalue weighted by Crippen LogP contribution is 2.24. The predicted octanol–water partition coefficient (Wildman–Crippen LogP) is 3.21. The van der Waals surface area contributed by atoms with Crippen molar-refractivity contribution in [1.29, 1.82) is 0 Å². The number of nitrogens with zero attached hydrogens (tertiary/aromatic N) is 5. The third kappa shape index (κ3) is 3.39. The lowest BCUT2D eigenvalue weighted by Gasteiger charge is -2.35. The van der Waals surface area contributed by atoms with Crippen molar-refractivity contribution in [3.63, 3.8) is 0 Å². The summed E-state index contributed by atoms with van der Waals surface area (Å²) >= 11 is 6.03. The molecule has 1 saturated heterocycles. The van der Waals surface area contributed by atoms with Crippen LogP contribution in [0.5, 0.6) is 0 Å². The Morgan fingerprint density at radius 2 is 1.89 bits per heavy atom. The predicted molar refractivity (Wildman–Crippen MR) is 107 cm³/mol. The first-order chi connectivity index (χ1) is 13.3. The Balaban J connectivity index is 1.25. The number of hydrogen-bond donors (Lipinski definition) is 1. The summed E-state index contributed by atoms with van der Waals surface area (Å²) < 4.78 is 0. The van der Waals surface area contributed by atoms with E-state index in [0.29, 0.717) is 5.02 Å². The smallest absolute Gasteiger partial charge is 0.147 e. The Morgan fingerprint density at radius 3 is 2.78 bits per heavy atom. The van der Waals surface area contributed by atoms with Crippen LogP contribution in [-0.4, -0.2) is 51.2 Å². The van der Waals surface area contributed by atoms with Gasteiger partial charge in [-0.15, -0.1) is 0 Å². The van der Waals surface area contributed by atoms with E-state index in [2.05, 4.69) is 25.0 Å². The molecule has 0 bridgehead atoms. The number of nitrogens with one attached hydrogen (secondary N) is 1. The van der Waals surface area contributed by atoms with Crippen molar-refractivity contribution in [2.75, 3.05) is 31.1 Å². The second-order valence-electron chi connectivity index (χ2n) is 7.46. The molecule has 5 rings (SSSR count). The fourth-order valence-corrected chi connectivity index (χ4v) is 4.32. The first kappa shape index (κ1) is 17.0. The van der Waals surface area contributed by atoms with Gasteiger partial charge in [0.2, 0.25) is 0 Å². The number of aromatic nitrogens is 4. The molecule has 0 amide bonds. The molecular formula is C20H23ClN6. The molecule has 0 atom stereocenters. The van der Waals surface area contributed by atoms with Crippen LogP contribution in [0.2, 0.25) is 5.02 Å². The van der Waals surface area contributed by atoms with Crippen LogP contribution in [0.1, 0.15) is 29.8 Å². The van der Waals surface area contributed by atoms with Crippen LogP contribution in [0, 0.1) is 0 Å². The molecule has 0 saturated carbocycles. The standard InChI is InChI=1S/C20H23ClN6/c21-14-5-6-17-18(11-14)22-12-20(23-17)27-9-7-26(8-10-27)13-19-15-3-1-2-4-16(15)24-25-19/h5-6,11-12H,1-4,7-10,13H2,(H,24,25). The van der Waals surface area contributed by atoms with Gasteiger partial charge in [-0.1, -0.05) is 11.6 Å². The lowest BCUT2D eigenvalue weighted by atomic mass is 9.96. The van der Waals surface area contributed by atoms with E-state index < -0.39 is 0 Å². The number of aromatic amines is 1. The van der Waals surface area contributed by atoms with Crippen LogP contribution in [0.3, 0.4) is 0 Å². The highest BCUT2D eigenvalue weighted by atomic mass is 35.5. The molecule has 140 valence electrons.